The number of esters is 1. The molecule has 11 heteroatoms. The van der Waals surface area contributed by atoms with Crippen LogP contribution < -0.4 is 16.8 Å². The smallest absolute Gasteiger partial charge is 0.350 e. The van der Waals surface area contributed by atoms with Crippen LogP contribution in [-0.2, 0) is 4.74 Å². The third-order valence-corrected chi connectivity index (χ3v) is 6.25. The van der Waals surface area contributed by atoms with E-state index in [9.17, 15) is 14.4 Å². The van der Waals surface area contributed by atoms with E-state index in [1.165, 1.54) is 4.90 Å². The SMILES string of the molecule is NC(=O)Nc1cc(-c2ccc(Cl)c(Cl)c2)sc1C(=O)OC1CCCN(C(N)=O)C1. The summed E-state index contributed by atoms with van der Waals surface area (Å²) in [5, 5.41) is 3.20. The Hall–Kier alpha value is -2.49. The highest BCUT2D eigenvalue weighted by molar-refractivity contribution is 7.18. The summed E-state index contributed by atoms with van der Waals surface area (Å²) in [6.07, 6.45) is 0.798. The lowest BCUT2D eigenvalue weighted by Crippen LogP contribution is -2.46. The number of benzene rings is 1. The molecular formula is C18H18Cl2N4O4S. The van der Waals surface area contributed by atoms with Crippen molar-refractivity contribution in [3.8, 4) is 10.4 Å². The van der Waals surface area contributed by atoms with E-state index in [1.807, 2.05) is 0 Å². The number of primary amides is 2. The number of nitrogens with two attached hydrogens (primary N) is 2. The fourth-order valence-corrected chi connectivity index (χ4v) is 4.29. The normalized spacial score (nSPS) is 16.3. The van der Waals surface area contributed by atoms with Crippen molar-refractivity contribution in [2.75, 3.05) is 18.4 Å². The van der Waals surface area contributed by atoms with Gasteiger partial charge in [0.25, 0.3) is 0 Å². The summed E-state index contributed by atoms with van der Waals surface area (Å²) in [4.78, 5) is 37.8. The average Bonchev–Trinajstić information content (AvgIpc) is 3.07. The van der Waals surface area contributed by atoms with Crippen molar-refractivity contribution >= 4 is 58.3 Å². The molecule has 3 rings (SSSR count). The van der Waals surface area contributed by atoms with Gasteiger partial charge in [0.2, 0.25) is 0 Å². The molecule has 154 valence electrons. The summed E-state index contributed by atoms with van der Waals surface area (Å²) in [5.74, 6) is -0.624. The topological polar surface area (TPSA) is 128 Å². The van der Waals surface area contributed by atoms with E-state index in [-0.39, 0.29) is 17.1 Å². The van der Waals surface area contributed by atoms with Crippen LogP contribution in [-0.4, -0.2) is 42.1 Å². The number of carbonyl (C=O) groups is 3. The second-order valence-corrected chi connectivity index (χ2v) is 8.29. The molecule has 1 fully saturated rings. The lowest BCUT2D eigenvalue weighted by Gasteiger charge is -2.31. The Balaban J connectivity index is 1.85. The van der Waals surface area contributed by atoms with Gasteiger partial charge in [0.1, 0.15) is 11.0 Å². The van der Waals surface area contributed by atoms with Crippen LogP contribution in [0.25, 0.3) is 10.4 Å². The number of likely N-dealkylation sites (tertiary alicyclic amines) is 1. The monoisotopic (exact) mass is 456 g/mol. The standard InChI is InChI=1S/C18H18Cl2N4O4S/c19-11-4-3-9(6-12(11)20)14-7-13(23-17(21)26)15(29-14)16(25)28-10-2-1-5-24(8-10)18(22)27/h3-4,6-7,10H,1-2,5,8H2,(H2,22,27)(H3,21,23,26). The van der Waals surface area contributed by atoms with Crippen LogP contribution in [0.3, 0.4) is 0 Å². The second kappa shape index (κ2) is 8.89. The van der Waals surface area contributed by atoms with E-state index in [0.29, 0.717) is 39.9 Å². The number of piperidine rings is 1. The van der Waals surface area contributed by atoms with Gasteiger partial charge in [-0.25, -0.2) is 14.4 Å². The molecule has 1 atom stereocenters. The molecular weight excluding hydrogens is 439 g/mol. The van der Waals surface area contributed by atoms with E-state index in [2.05, 4.69) is 5.32 Å². The highest BCUT2D eigenvalue weighted by Crippen LogP contribution is 2.38. The first kappa shape index (κ1) is 21.2. The van der Waals surface area contributed by atoms with Crippen molar-refractivity contribution < 1.29 is 19.1 Å². The van der Waals surface area contributed by atoms with Crippen LogP contribution in [0.5, 0.6) is 0 Å². The molecule has 29 heavy (non-hydrogen) atoms. The molecule has 1 unspecified atom stereocenters. The van der Waals surface area contributed by atoms with E-state index >= 15 is 0 Å². The largest absolute Gasteiger partial charge is 0.456 e. The molecule has 0 radical (unpaired) electrons. The molecule has 1 aromatic carbocycles. The molecule has 2 aromatic rings. The van der Waals surface area contributed by atoms with Gasteiger partial charge in [0, 0.05) is 11.4 Å². The molecule has 0 aliphatic carbocycles. The van der Waals surface area contributed by atoms with E-state index in [4.69, 9.17) is 39.4 Å². The third kappa shape index (κ3) is 5.11. The molecule has 4 amide bonds. The number of thiophene rings is 1. The van der Waals surface area contributed by atoms with Crippen molar-refractivity contribution in [2.45, 2.75) is 18.9 Å². The zero-order valence-electron chi connectivity index (χ0n) is 15.1. The summed E-state index contributed by atoms with van der Waals surface area (Å²) >= 11 is 13.1. The van der Waals surface area contributed by atoms with Gasteiger partial charge in [-0.1, -0.05) is 29.3 Å². The van der Waals surface area contributed by atoms with Crippen molar-refractivity contribution in [3.63, 3.8) is 0 Å². The van der Waals surface area contributed by atoms with Gasteiger partial charge in [-0.3, -0.25) is 0 Å². The Bertz CT molecular complexity index is 965. The van der Waals surface area contributed by atoms with Gasteiger partial charge < -0.3 is 26.4 Å². The van der Waals surface area contributed by atoms with E-state index in [1.54, 1.807) is 24.3 Å². The van der Waals surface area contributed by atoms with Crippen molar-refractivity contribution in [3.05, 3.63) is 39.2 Å². The zero-order valence-corrected chi connectivity index (χ0v) is 17.4. The van der Waals surface area contributed by atoms with Crippen molar-refractivity contribution in [1.29, 1.82) is 0 Å². The third-order valence-electron chi connectivity index (χ3n) is 4.34. The second-order valence-electron chi connectivity index (χ2n) is 6.43. The molecule has 0 spiro atoms. The van der Waals surface area contributed by atoms with Crippen LogP contribution in [0.1, 0.15) is 22.5 Å². The van der Waals surface area contributed by atoms with Gasteiger partial charge in [-0.2, -0.15) is 0 Å². The molecule has 5 N–H and O–H groups in total. The maximum absolute atomic E-state index is 12.8. The predicted molar refractivity (Wildman–Crippen MR) is 113 cm³/mol. The summed E-state index contributed by atoms with van der Waals surface area (Å²) in [7, 11) is 0. The predicted octanol–water partition coefficient (Wildman–Crippen LogP) is 3.91. The Morgan fingerprint density at radius 2 is 1.93 bits per heavy atom. The average molecular weight is 457 g/mol. The van der Waals surface area contributed by atoms with Gasteiger partial charge >= 0.3 is 18.0 Å². The number of anilines is 1. The Morgan fingerprint density at radius 3 is 2.59 bits per heavy atom. The molecule has 8 nitrogen and oxygen atoms in total. The minimum Gasteiger partial charge on any atom is -0.456 e. The Morgan fingerprint density at radius 1 is 1.17 bits per heavy atom. The molecule has 2 heterocycles. The zero-order chi connectivity index (χ0) is 21.1. The van der Waals surface area contributed by atoms with Gasteiger partial charge in [0.15, 0.2) is 0 Å². The summed E-state index contributed by atoms with van der Waals surface area (Å²) in [6, 6.07) is 5.29. The lowest BCUT2D eigenvalue weighted by atomic mass is 10.1. The highest BCUT2D eigenvalue weighted by Gasteiger charge is 2.27. The van der Waals surface area contributed by atoms with Gasteiger partial charge in [0.05, 0.1) is 22.3 Å². The number of urea groups is 2. The van der Waals surface area contributed by atoms with E-state index < -0.39 is 24.1 Å². The van der Waals surface area contributed by atoms with E-state index in [0.717, 1.165) is 11.3 Å². The van der Waals surface area contributed by atoms with Crippen LogP contribution in [0.15, 0.2) is 24.3 Å². The first-order valence-corrected chi connectivity index (χ1v) is 10.2. The molecule has 0 bridgehead atoms. The molecule has 1 aliphatic rings. The number of carbonyl (C=O) groups excluding carboxylic acids is 3. The number of nitrogens with one attached hydrogen (secondary N) is 1. The molecule has 0 saturated carbocycles. The van der Waals surface area contributed by atoms with Crippen molar-refractivity contribution in [1.82, 2.24) is 4.90 Å². The van der Waals surface area contributed by atoms with Crippen LogP contribution in [0.4, 0.5) is 15.3 Å². The van der Waals surface area contributed by atoms with Gasteiger partial charge in [-0.15, -0.1) is 11.3 Å². The Kier molecular flexibility index (Phi) is 6.51. The first-order chi connectivity index (χ1) is 13.7. The lowest BCUT2D eigenvalue weighted by molar-refractivity contribution is 0.0134. The fourth-order valence-electron chi connectivity index (χ4n) is 3.00. The number of ether oxygens (including phenoxy) is 1. The Labute approximate surface area is 180 Å². The fraction of sp³-hybridized carbons (Fsp3) is 0.278. The van der Waals surface area contributed by atoms with Gasteiger partial charge in [-0.05, 0) is 36.6 Å². The molecule has 1 saturated heterocycles. The van der Waals surface area contributed by atoms with Crippen LogP contribution in [0.2, 0.25) is 10.0 Å². The summed E-state index contributed by atoms with van der Waals surface area (Å²) in [5.41, 5.74) is 11.5. The van der Waals surface area contributed by atoms with Crippen LogP contribution >= 0.6 is 34.5 Å². The number of amides is 4. The number of hydrogen-bond donors (Lipinski definition) is 3. The number of nitrogens with zero attached hydrogens (tertiary/aromatic N) is 1. The highest BCUT2D eigenvalue weighted by atomic mass is 35.5. The summed E-state index contributed by atoms with van der Waals surface area (Å²) < 4.78 is 5.55. The number of halogens is 2. The first-order valence-electron chi connectivity index (χ1n) is 8.65. The van der Waals surface area contributed by atoms with Crippen LogP contribution in [0, 0.1) is 0 Å². The number of rotatable bonds is 4. The number of hydrogen-bond acceptors (Lipinski definition) is 5. The minimum atomic E-state index is -0.810. The van der Waals surface area contributed by atoms with Crippen molar-refractivity contribution in [2.24, 2.45) is 11.5 Å². The molecule has 1 aliphatic heterocycles. The summed E-state index contributed by atoms with van der Waals surface area (Å²) in [6.45, 7) is 0.753. The maximum atomic E-state index is 12.8. The minimum absolute atomic E-state index is 0.182. The molecule has 1 aromatic heterocycles. The quantitative estimate of drug-likeness (QED) is 0.602. The maximum Gasteiger partial charge on any atom is 0.350 e.